The van der Waals surface area contributed by atoms with Crippen LogP contribution in [0.4, 0.5) is 0 Å². The minimum Gasteiger partial charge on any atom is -0.302 e. The number of nitrogens with zero attached hydrogens (tertiary/aromatic N) is 1. The second kappa shape index (κ2) is 3.74. The molecule has 14 heavy (non-hydrogen) atoms. The third-order valence-corrected chi connectivity index (χ3v) is 3.24. The van der Waals surface area contributed by atoms with Gasteiger partial charge in [-0.1, -0.05) is 19.1 Å². The minimum atomic E-state index is 1.13. The average molecular weight is 189 g/mol. The standard InChI is InChI=1S/C13H19N/c1-4-11-8-12-5-6-14(3)9-13(12)7-10(11)2/h7-8H,4-6,9H2,1-3H3. The molecule has 2 rings (SSSR count). The summed E-state index contributed by atoms with van der Waals surface area (Å²) >= 11 is 0. The molecule has 0 aliphatic carbocycles. The van der Waals surface area contributed by atoms with E-state index in [9.17, 15) is 0 Å². The fraction of sp³-hybridized carbons (Fsp3) is 0.538. The van der Waals surface area contributed by atoms with Crippen molar-refractivity contribution in [2.45, 2.75) is 33.2 Å². The number of likely N-dealkylation sites (N-methyl/N-ethyl adjacent to an activating group) is 1. The predicted octanol–water partition coefficient (Wildman–Crippen LogP) is 2.55. The number of hydrogen-bond donors (Lipinski definition) is 0. The van der Waals surface area contributed by atoms with Gasteiger partial charge in [0.1, 0.15) is 0 Å². The van der Waals surface area contributed by atoms with Crippen LogP contribution < -0.4 is 0 Å². The van der Waals surface area contributed by atoms with E-state index in [1.54, 1.807) is 5.56 Å². The Labute approximate surface area is 86.7 Å². The van der Waals surface area contributed by atoms with E-state index in [0.29, 0.717) is 0 Å². The maximum absolute atomic E-state index is 2.41. The number of aryl methyl sites for hydroxylation is 2. The van der Waals surface area contributed by atoms with Crippen molar-refractivity contribution in [3.63, 3.8) is 0 Å². The predicted molar refractivity (Wildman–Crippen MR) is 60.6 cm³/mol. The van der Waals surface area contributed by atoms with Gasteiger partial charge in [-0.3, -0.25) is 0 Å². The number of benzene rings is 1. The summed E-state index contributed by atoms with van der Waals surface area (Å²) in [7, 11) is 2.20. The lowest BCUT2D eigenvalue weighted by atomic mass is 9.93. The summed E-state index contributed by atoms with van der Waals surface area (Å²) in [4.78, 5) is 2.40. The third kappa shape index (κ3) is 1.69. The largest absolute Gasteiger partial charge is 0.302 e. The molecule has 1 heteroatoms. The van der Waals surface area contributed by atoms with E-state index in [2.05, 4.69) is 37.9 Å². The molecule has 1 aliphatic heterocycles. The summed E-state index contributed by atoms with van der Waals surface area (Å²) in [6, 6.07) is 4.79. The van der Waals surface area contributed by atoms with Gasteiger partial charge in [0.25, 0.3) is 0 Å². The molecule has 0 bridgehead atoms. The number of hydrogen-bond acceptors (Lipinski definition) is 1. The van der Waals surface area contributed by atoms with Gasteiger partial charge in [-0.05, 0) is 49.1 Å². The van der Waals surface area contributed by atoms with Crippen LogP contribution in [0.2, 0.25) is 0 Å². The molecule has 0 saturated carbocycles. The first kappa shape index (κ1) is 9.72. The molecular weight excluding hydrogens is 170 g/mol. The van der Waals surface area contributed by atoms with Crippen LogP contribution in [0.1, 0.15) is 29.2 Å². The van der Waals surface area contributed by atoms with Gasteiger partial charge >= 0.3 is 0 Å². The van der Waals surface area contributed by atoms with Crippen molar-refractivity contribution in [2.75, 3.05) is 13.6 Å². The molecule has 0 radical (unpaired) electrons. The van der Waals surface area contributed by atoms with Gasteiger partial charge in [-0.25, -0.2) is 0 Å². The van der Waals surface area contributed by atoms with E-state index in [1.165, 1.54) is 29.7 Å². The fourth-order valence-corrected chi connectivity index (χ4v) is 2.31. The first-order chi connectivity index (χ1) is 6.70. The molecule has 0 spiro atoms. The van der Waals surface area contributed by atoms with Crippen LogP contribution in [0.3, 0.4) is 0 Å². The Kier molecular flexibility index (Phi) is 2.60. The van der Waals surface area contributed by atoms with E-state index in [4.69, 9.17) is 0 Å². The Bertz CT molecular complexity index is 341. The van der Waals surface area contributed by atoms with E-state index in [1.807, 2.05) is 0 Å². The van der Waals surface area contributed by atoms with E-state index >= 15 is 0 Å². The summed E-state index contributed by atoms with van der Waals surface area (Å²) < 4.78 is 0. The van der Waals surface area contributed by atoms with Crippen molar-refractivity contribution in [1.29, 1.82) is 0 Å². The molecule has 0 aromatic heterocycles. The van der Waals surface area contributed by atoms with Crippen molar-refractivity contribution >= 4 is 0 Å². The molecular formula is C13H19N. The molecule has 0 N–H and O–H groups in total. The lowest BCUT2D eigenvalue weighted by molar-refractivity contribution is 0.312. The van der Waals surface area contributed by atoms with Crippen LogP contribution in [0.15, 0.2) is 12.1 Å². The number of fused-ring (bicyclic) bond motifs is 1. The van der Waals surface area contributed by atoms with Gasteiger partial charge in [-0.15, -0.1) is 0 Å². The highest BCUT2D eigenvalue weighted by Crippen LogP contribution is 2.22. The van der Waals surface area contributed by atoms with Crippen molar-refractivity contribution in [1.82, 2.24) is 4.90 Å². The van der Waals surface area contributed by atoms with Crippen LogP contribution in [0.5, 0.6) is 0 Å². The molecule has 0 saturated heterocycles. The SMILES string of the molecule is CCc1cc2c(cc1C)CN(C)CC2. The summed E-state index contributed by atoms with van der Waals surface area (Å²) in [6.45, 7) is 6.80. The highest BCUT2D eigenvalue weighted by Gasteiger charge is 2.14. The Morgan fingerprint density at radius 1 is 1.29 bits per heavy atom. The Morgan fingerprint density at radius 2 is 2.07 bits per heavy atom. The van der Waals surface area contributed by atoms with Crippen molar-refractivity contribution < 1.29 is 0 Å². The first-order valence-corrected chi connectivity index (χ1v) is 5.50. The Balaban J connectivity index is 2.40. The molecule has 1 nitrogen and oxygen atoms in total. The zero-order chi connectivity index (χ0) is 10.1. The smallest absolute Gasteiger partial charge is 0.0233 e. The van der Waals surface area contributed by atoms with Crippen LogP contribution >= 0.6 is 0 Å². The fourth-order valence-electron chi connectivity index (χ4n) is 2.31. The zero-order valence-electron chi connectivity index (χ0n) is 9.43. The minimum absolute atomic E-state index is 1.13. The van der Waals surface area contributed by atoms with Crippen molar-refractivity contribution in [2.24, 2.45) is 0 Å². The molecule has 1 aromatic rings. The second-order valence-corrected chi connectivity index (χ2v) is 4.39. The topological polar surface area (TPSA) is 3.24 Å². The molecule has 0 fully saturated rings. The first-order valence-electron chi connectivity index (χ1n) is 5.50. The lowest BCUT2D eigenvalue weighted by Crippen LogP contribution is -2.26. The quantitative estimate of drug-likeness (QED) is 0.656. The highest BCUT2D eigenvalue weighted by molar-refractivity contribution is 5.39. The van der Waals surface area contributed by atoms with Crippen LogP contribution in [-0.2, 0) is 19.4 Å². The van der Waals surface area contributed by atoms with Crippen LogP contribution in [0, 0.1) is 6.92 Å². The molecule has 1 heterocycles. The van der Waals surface area contributed by atoms with E-state index in [0.717, 1.165) is 13.0 Å². The van der Waals surface area contributed by atoms with Gasteiger partial charge in [0.05, 0.1) is 0 Å². The summed E-state index contributed by atoms with van der Waals surface area (Å²) in [6.07, 6.45) is 2.38. The summed E-state index contributed by atoms with van der Waals surface area (Å²) in [5.74, 6) is 0. The Hall–Kier alpha value is -0.820. The normalized spacial score (nSPS) is 16.8. The summed E-state index contributed by atoms with van der Waals surface area (Å²) in [5, 5.41) is 0. The maximum atomic E-state index is 2.41. The van der Waals surface area contributed by atoms with Gasteiger partial charge < -0.3 is 4.90 Å². The van der Waals surface area contributed by atoms with Crippen molar-refractivity contribution in [3.05, 3.63) is 34.4 Å². The number of rotatable bonds is 1. The zero-order valence-corrected chi connectivity index (χ0v) is 9.43. The summed E-state index contributed by atoms with van der Waals surface area (Å²) in [5.41, 5.74) is 6.09. The van der Waals surface area contributed by atoms with Gasteiger partial charge in [0, 0.05) is 13.1 Å². The molecule has 0 atom stereocenters. The Morgan fingerprint density at radius 3 is 2.79 bits per heavy atom. The van der Waals surface area contributed by atoms with Gasteiger partial charge in [-0.2, -0.15) is 0 Å². The van der Waals surface area contributed by atoms with E-state index in [-0.39, 0.29) is 0 Å². The molecule has 0 amide bonds. The third-order valence-electron chi connectivity index (χ3n) is 3.24. The lowest BCUT2D eigenvalue weighted by Gasteiger charge is -2.26. The maximum Gasteiger partial charge on any atom is 0.0233 e. The average Bonchev–Trinajstić information content (AvgIpc) is 2.16. The van der Waals surface area contributed by atoms with Gasteiger partial charge in [0.2, 0.25) is 0 Å². The highest BCUT2D eigenvalue weighted by atomic mass is 15.1. The van der Waals surface area contributed by atoms with E-state index < -0.39 is 0 Å². The molecule has 1 aliphatic rings. The van der Waals surface area contributed by atoms with Crippen LogP contribution in [-0.4, -0.2) is 18.5 Å². The van der Waals surface area contributed by atoms with Crippen LogP contribution in [0.25, 0.3) is 0 Å². The van der Waals surface area contributed by atoms with Gasteiger partial charge in [0.15, 0.2) is 0 Å². The molecule has 0 unspecified atom stereocenters. The molecule has 1 aromatic carbocycles. The van der Waals surface area contributed by atoms with Crippen molar-refractivity contribution in [3.8, 4) is 0 Å². The molecule has 76 valence electrons. The second-order valence-electron chi connectivity index (χ2n) is 4.39. The monoisotopic (exact) mass is 189 g/mol.